The van der Waals surface area contributed by atoms with Crippen molar-refractivity contribution in [3.63, 3.8) is 0 Å². The molecule has 0 atom stereocenters. The molecule has 0 fully saturated rings. The number of amides is 2. The predicted octanol–water partition coefficient (Wildman–Crippen LogP) is 3.47. The standard InChI is InChI=1S/C24H20N2O5/c1-25-23(28)15-10-12-16(13-11-15)26-21(27)14-30-24(29)22-17-6-2-4-8-19(17)31-20-9-5-3-7-18(20)22/h2-13,22H,14H2,1H3,(H,25,28)(H,26,27). The monoisotopic (exact) mass is 416 g/mol. The second kappa shape index (κ2) is 8.71. The highest BCUT2D eigenvalue weighted by molar-refractivity contribution is 5.96. The smallest absolute Gasteiger partial charge is 0.318 e. The van der Waals surface area contributed by atoms with Crippen molar-refractivity contribution >= 4 is 23.5 Å². The fourth-order valence-corrected chi connectivity index (χ4v) is 3.43. The highest BCUT2D eigenvalue weighted by atomic mass is 16.5. The first-order valence-electron chi connectivity index (χ1n) is 9.71. The lowest BCUT2D eigenvalue weighted by atomic mass is 9.88. The molecule has 2 N–H and O–H groups in total. The number of fused-ring (bicyclic) bond motifs is 2. The third-order valence-electron chi connectivity index (χ3n) is 4.92. The maximum Gasteiger partial charge on any atom is 0.318 e. The van der Waals surface area contributed by atoms with Crippen LogP contribution in [0.1, 0.15) is 27.4 Å². The summed E-state index contributed by atoms with van der Waals surface area (Å²) >= 11 is 0. The number of nitrogens with one attached hydrogen (secondary N) is 2. The number of rotatable bonds is 5. The summed E-state index contributed by atoms with van der Waals surface area (Å²) in [5.41, 5.74) is 2.35. The normalized spacial score (nSPS) is 12.0. The molecule has 1 heterocycles. The second-order valence-electron chi connectivity index (χ2n) is 6.92. The second-order valence-corrected chi connectivity index (χ2v) is 6.92. The van der Waals surface area contributed by atoms with Crippen molar-refractivity contribution in [2.45, 2.75) is 5.92 Å². The summed E-state index contributed by atoms with van der Waals surface area (Å²) < 4.78 is 11.2. The van der Waals surface area contributed by atoms with Gasteiger partial charge in [0, 0.05) is 29.4 Å². The SMILES string of the molecule is CNC(=O)c1ccc(NC(=O)COC(=O)C2c3ccccc3Oc3ccccc32)cc1. The quantitative estimate of drug-likeness (QED) is 0.622. The molecule has 4 rings (SSSR count). The van der Waals surface area contributed by atoms with Crippen LogP contribution < -0.4 is 15.4 Å². The molecule has 2 amide bonds. The Balaban J connectivity index is 1.43. The molecule has 7 heteroatoms. The number of hydrogen-bond donors (Lipinski definition) is 2. The Bertz CT molecular complexity index is 1100. The molecule has 0 aromatic heterocycles. The predicted molar refractivity (Wildman–Crippen MR) is 114 cm³/mol. The largest absolute Gasteiger partial charge is 0.457 e. The number of hydrogen-bond acceptors (Lipinski definition) is 5. The van der Waals surface area contributed by atoms with Crippen LogP contribution in [0.5, 0.6) is 11.5 Å². The highest BCUT2D eigenvalue weighted by Gasteiger charge is 2.33. The maximum absolute atomic E-state index is 12.9. The molecule has 1 aliphatic rings. The molecule has 7 nitrogen and oxygen atoms in total. The zero-order valence-electron chi connectivity index (χ0n) is 16.8. The first-order valence-corrected chi connectivity index (χ1v) is 9.71. The number of ether oxygens (including phenoxy) is 2. The Hall–Kier alpha value is -4.13. The van der Waals surface area contributed by atoms with Gasteiger partial charge < -0.3 is 20.1 Å². The van der Waals surface area contributed by atoms with Gasteiger partial charge in [-0.2, -0.15) is 0 Å². The van der Waals surface area contributed by atoms with Gasteiger partial charge in [-0.25, -0.2) is 0 Å². The van der Waals surface area contributed by atoms with E-state index in [0.29, 0.717) is 33.9 Å². The Morgan fingerprint density at radius 2 is 1.45 bits per heavy atom. The van der Waals surface area contributed by atoms with Crippen molar-refractivity contribution in [3.05, 3.63) is 89.5 Å². The average Bonchev–Trinajstić information content (AvgIpc) is 2.81. The summed E-state index contributed by atoms with van der Waals surface area (Å²) in [5, 5.41) is 5.18. The molecule has 1 aliphatic heterocycles. The van der Waals surface area contributed by atoms with E-state index in [1.165, 1.54) is 0 Å². The fraction of sp³-hybridized carbons (Fsp3) is 0.125. The van der Waals surface area contributed by atoms with Crippen LogP contribution in [-0.2, 0) is 14.3 Å². The minimum absolute atomic E-state index is 0.219. The number of para-hydroxylation sites is 2. The van der Waals surface area contributed by atoms with Crippen molar-refractivity contribution in [3.8, 4) is 11.5 Å². The van der Waals surface area contributed by atoms with Crippen LogP contribution in [0.4, 0.5) is 5.69 Å². The van der Waals surface area contributed by atoms with E-state index in [9.17, 15) is 14.4 Å². The van der Waals surface area contributed by atoms with Gasteiger partial charge in [-0.15, -0.1) is 0 Å². The molecule has 0 radical (unpaired) electrons. The lowest BCUT2D eigenvalue weighted by Crippen LogP contribution is -2.26. The summed E-state index contributed by atoms with van der Waals surface area (Å²) in [6.07, 6.45) is 0. The van der Waals surface area contributed by atoms with Crippen molar-refractivity contribution in [1.29, 1.82) is 0 Å². The number of carbonyl (C=O) groups is 3. The molecule has 31 heavy (non-hydrogen) atoms. The highest BCUT2D eigenvalue weighted by Crippen LogP contribution is 2.44. The summed E-state index contributed by atoms with van der Waals surface area (Å²) in [6.45, 7) is -0.433. The fourth-order valence-electron chi connectivity index (χ4n) is 3.43. The average molecular weight is 416 g/mol. The van der Waals surface area contributed by atoms with Gasteiger partial charge in [0.1, 0.15) is 17.4 Å². The first kappa shape index (κ1) is 20.2. The molecule has 3 aromatic carbocycles. The van der Waals surface area contributed by atoms with Crippen molar-refractivity contribution in [2.75, 3.05) is 19.0 Å². The third-order valence-corrected chi connectivity index (χ3v) is 4.92. The van der Waals surface area contributed by atoms with E-state index in [2.05, 4.69) is 10.6 Å². The Morgan fingerprint density at radius 1 is 0.871 bits per heavy atom. The molecule has 156 valence electrons. The molecule has 0 bridgehead atoms. The van der Waals surface area contributed by atoms with E-state index < -0.39 is 24.4 Å². The van der Waals surface area contributed by atoms with E-state index >= 15 is 0 Å². The van der Waals surface area contributed by atoms with Crippen LogP contribution in [0, 0.1) is 0 Å². The Labute approximate surface area is 179 Å². The van der Waals surface area contributed by atoms with Crippen molar-refractivity contribution < 1.29 is 23.9 Å². The third kappa shape index (κ3) is 4.25. The lowest BCUT2D eigenvalue weighted by molar-refractivity contribution is -0.148. The van der Waals surface area contributed by atoms with Crippen molar-refractivity contribution in [1.82, 2.24) is 5.32 Å². The minimum Gasteiger partial charge on any atom is -0.457 e. The number of carbonyl (C=O) groups excluding carboxylic acids is 3. The Morgan fingerprint density at radius 3 is 2.03 bits per heavy atom. The van der Waals surface area contributed by atoms with Gasteiger partial charge in [-0.05, 0) is 36.4 Å². The molecule has 0 saturated carbocycles. The molecule has 0 aliphatic carbocycles. The number of benzene rings is 3. The molecule has 0 spiro atoms. The molecule has 3 aromatic rings. The molecule has 0 saturated heterocycles. The van der Waals surface area contributed by atoms with E-state index in [0.717, 1.165) is 0 Å². The van der Waals surface area contributed by atoms with E-state index in [1.54, 1.807) is 43.4 Å². The van der Waals surface area contributed by atoms with Crippen LogP contribution in [0.3, 0.4) is 0 Å². The van der Waals surface area contributed by atoms with Gasteiger partial charge in [-0.3, -0.25) is 14.4 Å². The zero-order chi connectivity index (χ0) is 21.8. The number of anilines is 1. The van der Waals surface area contributed by atoms with Crippen LogP contribution >= 0.6 is 0 Å². The minimum atomic E-state index is -0.680. The van der Waals surface area contributed by atoms with Gasteiger partial charge >= 0.3 is 5.97 Å². The summed E-state index contributed by atoms with van der Waals surface area (Å²) in [7, 11) is 1.54. The van der Waals surface area contributed by atoms with E-state index in [1.807, 2.05) is 36.4 Å². The molecular weight excluding hydrogens is 396 g/mol. The van der Waals surface area contributed by atoms with E-state index in [-0.39, 0.29) is 5.91 Å². The van der Waals surface area contributed by atoms with Gasteiger partial charge in [0.2, 0.25) is 0 Å². The van der Waals surface area contributed by atoms with Crippen LogP contribution in [0.2, 0.25) is 0 Å². The Kier molecular flexibility index (Phi) is 5.66. The lowest BCUT2D eigenvalue weighted by Gasteiger charge is -2.26. The van der Waals surface area contributed by atoms with Crippen molar-refractivity contribution in [2.24, 2.45) is 0 Å². The maximum atomic E-state index is 12.9. The van der Waals surface area contributed by atoms with Gasteiger partial charge in [0.25, 0.3) is 11.8 Å². The van der Waals surface area contributed by atoms with Crippen LogP contribution in [0.15, 0.2) is 72.8 Å². The summed E-state index contributed by atoms with van der Waals surface area (Å²) in [5.74, 6) is -0.736. The van der Waals surface area contributed by atoms with Crippen LogP contribution in [0.25, 0.3) is 0 Å². The first-order chi connectivity index (χ1) is 15.1. The molecule has 0 unspecified atom stereocenters. The van der Waals surface area contributed by atoms with Gasteiger partial charge in [0.05, 0.1) is 0 Å². The summed E-state index contributed by atoms with van der Waals surface area (Å²) in [6, 6.07) is 20.9. The summed E-state index contributed by atoms with van der Waals surface area (Å²) in [4.78, 5) is 36.8. The van der Waals surface area contributed by atoms with Crippen LogP contribution in [-0.4, -0.2) is 31.4 Å². The van der Waals surface area contributed by atoms with Gasteiger partial charge in [0.15, 0.2) is 6.61 Å². The molecular formula is C24H20N2O5. The zero-order valence-corrected chi connectivity index (χ0v) is 16.8. The van der Waals surface area contributed by atoms with E-state index in [4.69, 9.17) is 9.47 Å². The van der Waals surface area contributed by atoms with Gasteiger partial charge in [-0.1, -0.05) is 36.4 Å². The topological polar surface area (TPSA) is 93.7 Å². The number of esters is 1.